The van der Waals surface area contributed by atoms with Crippen LogP contribution in [0.5, 0.6) is 0 Å². The lowest BCUT2D eigenvalue weighted by Crippen LogP contribution is -2.10. The van der Waals surface area contributed by atoms with Crippen LogP contribution < -0.4 is 22.6 Å². The number of hydrogen-bond donors (Lipinski definition) is 3. The van der Waals surface area contributed by atoms with Gasteiger partial charge < -0.3 is 21.6 Å². The minimum absolute atomic E-state index is 0.0985. The Balaban J connectivity index is 2.38. The number of hydrogen-bond acceptors (Lipinski definition) is 5. The maximum atomic E-state index is 14.1. The van der Waals surface area contributed by atoms with Gasteiger partial charge in [-0.1, -0.05) is 0 Å². The van der Waals surface area contributed by atoms with Crippen LogP contribution in [0, 0.1) is 17.5 Å². The van der Waals surface area contributed by atoms with Crippen molar-refractivity contribution < 1.29 is 17.6 Å². The van der Waals surface area contributed by atoms with E-state index in [2.05, 4.69) is 0 Å². The molecule has 0 spiro atoms. The number of rotatable bonds is 1. The fraction of sp³-hybridized carbons (Fsp3) is 0. The summed E-state index contributed by atoms with van der Waals surface area (Å²) in [5.41, 5.74) is 13.3. The first-order valence-corrected chi connectivity index (χ1v) is 6.36. The normalized spacial score (nSPS) is 11.1. The molecule has 0 saturated heterocycles. The van der Waals surface area contributed by atoms with Gasteiger partial charge in [0.1, 0.15) is 17.3 Å². The third-order valence-electron chi connectivity index (χ3n) is 3.41. The van der Waals surface area contributed by atoms with Crippen molar-refractivity contribution in [1.82, 2.24) is 0 Å². The van der Waals surface area contributed by atoms with E-state index in [0.29, 0.717) is 0 Å². The molecule has 0 amide bonds. The summed E-state index contributed by atoms with van der Waals surface area (Å²) in [7, 11) is 0. The predicted octanol–water partition coefficient (Wildman–Crippen LogP) is 2.62. The van der Waals surface area contributed by atoms with Gasteiger partial charge in [0.25, 0.3) is 0 Å². The van der Waals surface area contributed by atoms with Crippen LogP contribution in [0.1, 0.15) is 0 Å². The molecule has 118 valence electrons. The molecule has 0 saturated carbocycles. The van der Waals surface area contributed by atoms with Crippen molar-refractivity contribution in [3.63, 3.8) is 0 Å². The second-order valence-corrected chi connectivity index (χ2v) is 4.87. The van der Waals surface area contributed by atoms with E-state index >= 15 is 0 Å². The van der Waals surface area contributed by atoms with E-state index in [9.17, 15) is 18.0 Å². The fourth-order valence-electron chi connectivity index (χ4n) is 2.20. The maximum Gasteiger partial charge on any atom is 0.195 e. The lowest BCUT2D eigenvalue weighted by molar-refractivity contribution is 0.551. The van der Waals surface area contributed by atoms with E-state index in [-0.39, 0.29) is 17.0 Å². The average molecular weight is 321 g/mol. The third kappa shape index (κ3) is 2.15. The van der Waals surface area contributed by atoms with Crippen LogP contribution in [0.2, 0.25) is 0 Å². The van der Waals surface area contributed by atoms with E-state index in [0.717, 1.165) is 12.1 Å². The van der Waals surface area contributed by atoms with Crippen molar-refractivity contribution in [1.29, 1.82) is 0 Å². The molecule has 0 fully saturated rings. The lowest BCUT2D eigenvalue weighted by Gasteiger charge is -2.09. The molecule has 0 aliphatic heterocycles. The molecule has 3 rings (SSSR count). The quantitative estimate of drug-likeness (QED) is 0.597. The Morgan fingerprint density at radius 1 is 0.913 bits per heavy atom. The Kier molecular flexibility index (Phi) is 3.17. The number of benzene rings is 2. The number of anilines is 3. The maximum absolute atomic E-state index is 14.1. The smallest absolute Gasteiger partial charge is 0.195 e. The molecule has 1 aromatic heterocycles. The summed E-state index contributed by atoms with van der Waals surface area (Å²) in [5.74, 6) is -3.34. The highest BCUT2D eigenvalue weighted by molar-refractivity contribution is 5.93. The Labute approximate surface area is 127 Å². The molecule has 0 atom stereocenters. The monoisotopic (exact) mass is 321 g/mol. The van der Waals surface area contributed by atoms with Crippen LogP contribution in [0.25, 0.3) is 22.3 Å². The minimum Gasteiger partial charge on any atom is -0.453 e. The molecule has 0 radical (unpaired) electrons. The van der Waals surface area contributed by atoms with Gasteiger partial charge in [0, 0.05) is 11.6 Å². The van der Waals surface area contributed by atoms with Crippen LogP contribution >= 0.6 is 0 Å². The zero-order valence-electron chi connectivity index (χ0n) is 11.5. The highest BCUT2D eigenvalue weighted by atomic mass is 19.1. The zero-order valence-corrected chi connectivity index (χ0v) is 11.5. The second-order valence-electron chi connectivity index (χ2n) is 4.87. The first kappa shape index (κ1) is 14.8. The molecular weight excluding hydrogens is 311 g/mol. The van der Waals surface area contributed by atoms with Gasteiger partial charge in [-0.05, 0) is 18.2 Å². The topological polar surface area (TPSA) is 108 Å². The van der Waals surface area contributed by atoms with Crippen molar-refractivity contribution in [2.45, 2.75) is 0 Å². The van der Waals surface area contributed by atoms with Gasteiger partial charge >= 0.3 is 0 Å². The van der Waals surface area contributed by atoms with Crippen LogP contribution in [0.15, 0.2) is 33.5 Å². The summed E-state index contributed by atoms with van der Waals surface area (Å²) in [6.07, 6.45) is 0. The van der Waals surface area contributed by atoms with E-state index in [1.54, 1.807) is 0 Å². The van der Waals surface area contributed by atoms with Gasteiger partial charge in [-0.3, -0.25) is 4.79 Å². The summed E-state index contributed by atoms with van der Waals surface area (Å²) in [6, 6.07) is 4.63. The van der Waals surface area contributed by atoms with Crippen LogP contribution in [-0.2, 0) is 0 Å². The van der Waals surface area contributed by atoms with Crippen molar-refractivity contribution in [3.8, 4) is 11.3 Å². The van der Waals surface area contributed by atoms with Gasteiger partial charge in [0.15, 0.2) is 22.6 Å². The fourth-order valence-corrected chi connectivity index (χ4v) is 2.20. The minimum atomic E-state index is -1.25. The molecular formula is C15H10F3N3O2. The largest absolute Gasteiger partial charge is 0.453 e. The van der Waals surface area contributed by atoms with E-state index in [1.165, 1.54) is 12.1 Å². The summed E-state index contributed by atoms with van der Waals surface area (Å²) in [6.45, 7) is 0. The van der Waals surface area contributed by atoms with Gasteiger partial charge in [-0.25, -0.2) is 13.2 Å². The SMILES string of the molecule is Nc1ccc(-c2cc(=O)c3c(N)c(F)c(N)c(F)c3o2)cc1F. The molecule has 23 heavy (non-hydrogen) atoms. The molecule has 0 bridgehead atoms. The number of nitrogens with two attached hydrogens (primary N) is 3. The summed E-state index contributed by atoms with van der Waals surface area (Å²) < 4.78 is 46.6. The van der Waals surface area contributed by atoms with Crippen LogP contribution in [0.3, 0.4) is 0 Å². The van der Waals surface area contributed by atoms with Gasteiger partial charge in [0.2, 0.25) is 0 Å². The molecule has 1 heterocycles. The standard InChI is InChI=1S/C15H10F3N3O2/c16-6-3-5(1-2-7(6)19)9-4-8(22)10-13(20)11(17)14(21)12(18)15(10)23-9/h1-4H,19-21H2. The molecule has 3 aromatic rings. The summed E-state index contributed by atoms with van der Waals surface area (Å²) in [4.78, 5) is 12.1. The van der Waals surface area contributed by atoms with Crippen molar-refractivity contribution in [2.75, 3.05) is 17.2 Å². The number of nitrogen functional groups attached to an aromatic ring is 3. The first-order valence-electron chi connectivity index (χ1n) is 6.36. The molecule has 0 aliphatic carbocycles. The Morgan fingerprint density at radius 2 is 1.61 bits per heavy atom. The third-order valence-corrected chi connectivity index (χ3v) is 3.41. The zero-order chi connectivity index (χ0) is 16.9. The summed E-state index contributed by atoms with van der Waals surface area (Å²) >= 11 is 0. The highest BCUT2D eigenvalue weighted by Crippen LogP contribution is 2.33. The number of fused-ring (bicyclic) bond motifs is 1. The molecule has 6 N–H and O–H groups in total. The average Bonchev–Trinajstić information content (AvgIpc) is 2.52. The van der Waals surface area contributed by atoms with Crippen molar-refractivity contribution in [2.24, 2.45) is 0 Å². The molecule has 8 heteroatoms. The Bertz CT molecular complexity index is 1020. The first-order chi connectivity index (χ1) is 10.8. The van der Waals surface area contributed by atoms with Gasteiger partial charge in [0.05, 0.1) is 16.8 Å². The van der Waals surface area contributed by atoms with E-state index in [1.807, 2.05) is 0 Å². The van der Waals surface area contributed by atoms with E-state index in [4.69, 9.17) is 21.6 Å². The number of halogens is 3. The summed E-state index contributed by atoms with van der Waals surface area (Å²) in [5, 5.41) is -0.464. The highest BCUT2D eigenvalue weighted by Gasteiger charge is 2.21. The van der Waals surface area contributed by atoms with E-state index < -0.39 is 45.2 Å². The van der Waals surface area contributed by atoms with Crippen molar-refractivity contribution >= 4 is 28.0 Å². The van der Waals surface area contributed by atoms with Crippen LogP contribution in [-0.4, -0.2) is 0 Å². The molecule has 5 nitrogen and oxygen atoms in total. The molecule has 0 aliphatic rings. The second kappa shape index (κ2) is 4.94. The molecule has 2 aromatic carbocycles. The predicted molar refractivity (Wildman–Crippen MR) is 81.0 cm³/mol. The lowest BCUT2D eigenvalue weighted by atomic mass is 10.1. The van der Waals surface area contributed by atoms with Gasteiger partial charge in [-0.2, -0.15) is 0 Å². The van der Waals surface area contributed by atoms with Gasteiger partial charge in [-0.15, -0.1) is 0 Å². The van der Waals surface area contributed by atoms with Crippen molar-refractivity contribution in [3.05, 3.63) is 51.9 Å². The molecule has 0 unspecified atom stereocenters. The Morgan fingerprint density at radius 3 is 2.26 bits per heavy atom. The Hall–Kier alpha value is -3.16. The van der Waals surface area contributed by atoms with Crippen LogP contribution in [0.4, 0.5) is 30.2 Å².